The van der Waals surface area contributed by atoms with Crippen molar-refractivity contribution in [1.82, 2.24) is 10.2 Å². The Morgan fingerprint density at radius 3 is 2.85 bits per heavy atom. The van der Waals surface area contributed by atoms with Crippen molar-refractivity contribution in [3.63, 3.8) is 0 Å². The van der Waals surface area contributed by atoms with Crippen LogP contribution in [0.25, 0.3) is 0 Å². The van der Waals surface area contributed by atoms with Crippen LogP contribution in [0.4, 0.5) is 0 Å². The zero-order chi connectivity index (χ0) is 14.4. The molecule has 1 aliphatic carbocycles. The third-order valence-corrected chi connectivity index (χ3v) is 4.79. The van der Waals surface area contributed by atoms with E-state index in [1.807, 2.05) is 25.7 Å². The largest absolute Gasteiger partial charge is 0.374 e. The lowest BCUT2D eigenvalue weighted by Crippen LogP contribution is -2.44. The van der Waals surface area contributed by atoms with Crippen molar-refractivity contribution in [2.24, 2.45) is 0 Å². The molecule has 2 fully saturated rings. The summed E-state index contributed by atoms with van der Waals surface area (Å²) in [7, 11) is 0. The summed E-state index contributed by atoms with van der Waals surface area (Å²) in [5.41, 5.74) is 0.579. The number of rotatable bonds is 5. The summed E-state index contributed by atoms with van der Waals surface area (Å²) in [4.78, 5) is 14.7. The highest BCUT2D eigenvalue weighted by molar-refractivity contribution is 7.07. The number of hydrogen-bond donors (Lipinski definition) is 1. The van der Waals surface area contributed by atoms with Crippen molar-refractivity contribution in [2.75, 3.05) is 13.2 Å². The van der Waals surface area contributed by atoms with Gasteiger partial charge in [0.15, 0.2) is 0 Å². The van der Waals surface area contributed by atoms with Crippen LogP contribution in [-0.2, 0) is 9.53 Å². The molecule has 0 radical (unpaired) electrons. The molecule has 110 valence electrons. The normalized spacial score (nSPS) is 24.6. The molecule has 0 bridgehead atoms. The minimum absolute atomic E-state index is 0.00372. The highest BCUT2D eigenvalue weighted by Crippen LogP contribution is 2.46. The topological polar surface area (TPSA) is 41.6 Å². The molecule has 1 N–H and O–H groups in total. The Bertz CT molecular complexity index is 494. The van der Waals surface area contributed by atoms with E-state index in [4.69, 9.17) is 4.74 Å². The average molecular weight is 294 g/mol. The Labute approximate surface area is 124 Å². The molecule has 2 aliphatic rings. The van der Waals surface area contributed by atoms with Crippen LogP contribution < -0.4 is 5.32 Å². The first-order chi connectivity index (χ1) is 9.47. The van der Waals surface area contributed by atoms with E-state index in [2.05, 4.69) is 22.1 Å². The van der Waals surface area contributed by atoms with Gasteiger partial charge >= 0.3 is 0 Å². The fourth-order valence-corrected chi connectivity index (χ4v) is 3.66. The van der Waals surface area contributed by atoms with Gasteiger partial charge in [0.05, 0.1) is 12.1 Å². The minimum atomic E-state index is -0.319. The highest BCUT2D eigenvalue weighted by atomic mass is 32.1. The maximum Gasteiger partial charge on any atom is 0.244 e. The zero-order valence-electron chi connectivity index (χ0n) is 12.3. The SMILES string of the molecule is CCOC(C)(C)CN1C(=O)C2(CC2)NC1c1ccsc1. The van der Waals surface area contributed by atoms with E-state index < -0.39 is 0 Å². The van der Waals surface area contributed by atoms with Crippen LogP contribution >= 0.6 is 11.3 Å². The first-order valence-corrected chi connectivity index (χ1v) is 8.16. The molecule has 1 aromatic heterocycles. The molecule has 1 amide bonds. The number of amides is 1. The van der Waals surface area contributed by atoms with Crippen molar-refractivity contribution in [3.05, 3.63) is 22.4 Å². The van der Waals surface area contributed by atoms with Crippen LogP contribution in [0.5, 0.6) is 0 Å². The van der Waals surface area contributed by atoms with Gasteiger partial charge in [-0.1, -0.05) is 0 Å². The van der Waals surface area contributed by atoms with Crippen LogP contribution in [0.15, 0.2) is 16.8 Å². The Morgan fingerprint density at radius 1 is 1.55 bits per heavy atom. The molecule has 1 saturated carbocycles. The first kappa shape index (κ1) is 14.0. The van der Waals surface area contributed by atoms with E-state index in [0.717, 1.165) is 12.8 Å². The molecule has 2 heterocycles. The number of carbonyl (C=O) groups is 1. The third-order valence-electron chi connectivity index (χ3n) is 4.09. The molecule has 20 heavy (non-hydrogen) atoms. The summed E-state index contributed by atoms with van der Waals surface area (Å²) >= 11 is 1.67. The molecule has 1 saturated heterocycles. The molecule has 3 rings (SSSR count). The quantitative estimate of drug-likeness (QED) is 0.907. The molecule has 1 unspecified atom stereocenters. The van der Waals surface area contributed by atoms with E-state index in [-0.39, 0.29) is 23.2 Å². The number of carbonyl (C=O) groups excluding carboxylic acids is 1. The summed E-state index contributed by atoms with van der Waals surface area (Å²) in [6.45, 7) is 7.37. The zero-order valence-corrected chi connectivity index (χ0v) is 13.1. The van der Waals surface area contributed by atoms with Crippen molar-refractivity contribution in [1.29, 1.82) is 0 Å². The summed E-state index contributed by atoms with van der Waals surface area (Å²) in [5.74, 6) is 0.237. The Hall–Kier alpha value is -0.910. The van der Waals surface area contributed by atoms with Crippen LogP contribution in [-0.4, -0.2) is 35.1 Å². The summed E-state index contributed by atoms with van der Waals surface area (Å²) in [6.07, 6.45) is 1.91. The predicted molar refractivity (Wildman–Crippen MR) is 79.6 cm³/mol. The maximum atomic E-state index is 12.7. The third kappa shape index (κ3) is 2.38. The van der Waals surface area contributed by atoms with Gasteiger partial charge < -0.3 is 9.64 Å². The average Bonchev–Trinajstić information content (AvgIpc) is 2.86. The van der Waals surface area contributed by atoms with E-state index in [1.165, 1.54) is 5.56 Å². The Morgan fingerprint density at radius 2 is 2.30 bits per heavy atom. The van der Waals surface area contributed by atoms with Gasteiger partial charge in [-0.15, -0.1) is 0 Å². The van der Waals surface area contributed by atoms with Crippen LogP contribution in [0, 0.1) is 0 Å². The molecule has 1 atom stereocenters. The number of nitrogens with zero attached hydrogens (tertiary/aromatic N) is 1. The van der Waals surface area contributed by atoms with Crippen molar-refractivity contribution < 1.29 is 9.53 Å². The second kappa shape index (κ2) is 4.83. The van der Waals surface area contributed by atoms with Gasteiger partial charge in [0, 0.05) is 6.61 Å². The highest BCUT2D eigenvalue weighted by Gasteiger charge is 2.59. The molecule has 1 aromatic rings. The molecular weight excluding hydrogens is 272 g/mol. The fraction of sp³-hybridized carbons (Fsp3) is 0.667. The van der Waals surface area contributed by atoms with Gasteiger partial charge in [-0.25, -0.2) is 0 Å². The van der Waals surface area contributed by atoms with Crippen molar-refractivity contribution in [2.45, 2.75) is 50.9 Å². The second-order valence-electron chi connectivity index (χ2n) is 6.31. The Balaban J connectivity index is 1.83. The number of hydrogen-bond acceptors (Lipinski definition) is 4. The molecule has 1 aliphatic heterocycles. The monoisotopic (exact) mass is 294 g/mol. The lowest BCUT2D eigenvalue weighted by atomic mass is 10.1. The van der Waals surface area contributed by atoms with E-state index >= 15 is 0 Å². The molecule has 0 aromatic carbocycles. The summed E-state index contributed by atoms with van der Waals surface area (Å²) in [5, 5.41) is 7.71. The second-order valence-corrected chi connectivity index (χ2v) is 7.09. The van der Waals surface area contributed by atoms with Gasteiger partial charge in [-0.3, -0.25) is 10.1 Å². The minimum Gasteiger partial charge on any atom is -0.374 e. The van der Waals surface area contributed by atoms with Crippen molar-refractivity contribution in [3.8, 4) is 0 Å². The summed E-state index contributed by atoms with van der Waals surface area (Å²) < 4.78 is 5.77. The van der Waals surface area contributed by atoms with Gasteiger partial charge in [-0.05, 0) is 56.0 Å². The first-order valence-electron chi connectivity index (χ1n) is 7.22. The lowest BCUT2D eigenvalue weighted by Gasteiger charge is -2.33. The standard InChI is InChI=1S/C15H22N2O2S/c1-4-19-14(2,3)10-17-12(11-5-8-20-9-11)16-15(6-7-15)13(17)18/h5,8-9,12,16H,4,6-7,10H2,1-3H3. The molecule has 4 nitrogen and oxygen atoms in total. The van der Waals surface area contributed by atoms with Gasteiger partial charge in [-0.2, -0.15) is 11.3 Å². The smallest absolute Gasteiger partial charge is 0.244 e. The fourth-order valence-electron chi connectivity index (χ4n) is 2.98. The lowest BCUT2D eigenvalue weighted by molar-refractivity contribution is -0.135. The predicted octanol–water partition coefficient (Wildman–Crippen LogP) is 2.53. The van der Waals surface area contributed by atoms with E-state index in [0.29, 0.717) is 13.2 Å². The van der Waals surface area contributed by atoms with Crippen LogP contribution in [0.2, 0.25) is 0 Å². The molecule has 1 spiro atoms. The van der Waals surface area contributed by atoms with Gasteiger partial charge in [0.2, 0.25) is 5.91 Å². The molecular formula is C15H22N2O2S. The Kier molecular flexibility index (Phi) is 3.39. The molecule has 5 heteroatoms. The maximum absolute atomic E-state index is 12.7. The van der Waals surface area contributed by atoms with E-state index in [1.54, 1.807) is 11.3 Å². The van der Waals surface area contributed by atoms with Gasteiger partial charge in [0.1, 0.15) is 11.7 Å². The van der Waals surface area contributed by atoms with Crippen LogP contribution in [0.1, 0.15) is 45.3 Å². The number of nitrogens with one attached hydrogen (secondary N) is 1. The van der Waals surface area contributed by atoms with Gasteiger partial charge in [0.25, 0.3) is 0 Å². The van der Waals surface area contributed by atoms with Crippen molar-refractivity contribution >= 4 is 17.2 Å². The number of thiophene rings is 1. The van der Waals surface area contributed by atoms with Crippen LogP contribution in [0.3, 0.4) is 0 Å². The van der Waals surface area contributed by atoms with E-state index in [9.17, 15) is 4.79 Å². The summed E-state index contributed by atoms with van der Waals surface area (Å²) in [6, 6.07) is 2.09. The number of ether oxygens (including phenoxy) is 1.